The van der Waals surface area contributed by atoms with Crippen LogP contribution in [0.4, 0.5) is 11.4 Å². The Bertz CT molecular complexity index is 812. The summed E-state index contributed by atoms with van der Waals surface area (Å²) >= 11 is 0. The lowest BCUT2D eigenvalue weighted by atomic mass is 9.84. The van der Waals surface area contributed by atoms with E-state index in [-0.39, 0.29) is 47.0 Å². The first kappa shape index (κ1) is 16.1. The monoisotopic (exact) mass is 328 g/mol. The molecule has 3 rings (SSSR count). The van der Waals surface area contributed by atoms with Gasteiger partial charge in [-0.25, -0.2) is 0 Å². The average molecular weight is 328 g/mol. The Kier molecular flexibility index (Phi) is 3.63. The number of phenols is 2. The summed E-state index contributed by atoms with van der Waals surface area (Å²) in [5.74, 6) is -1.11. The Morgan fingerprint density at radius 1 is 0.750 bits per heavy atom. The lowest BCUT2D eigenvalue weighted by molar-refractivity contribution is 0.0885. The van der Waals surface area contributed by atoms with E-state index >= 15 is 0 Å². The van der Waals surface area contributed by atoms with Gasteiger partial charge in [-0.2, -0.15) is 0 Å². The van der Waals surface area contributed by atoms with Crippen LogP contribution in [0.1, 0.15) is 33.6 Å². The first-order valence-electron chi connectivity index (χ1n) is 7.71. The number of phenolic OH excluding ortho intramolecular Hbond substituents is 2. The van der Waals surface area contributed by atoms with Crippen LogP contribution in [-0.4, -0.2) is 50.0 Å². The molecular weight excluding hydrogens is 308 g/mol. The molecule has 0 amide bonds. The maximum Gasteiger partial charge on any atom is 0.167 e. The standard InChI is InChI=1S/C18H20N2O4/c1-19(2)9-5-6-10(20(3)4)14-13(9)17(23)15-11(21)7-8-12(22)16(15)18(14)24/h5-6,23-24H,7-8H2,1-4H3. The van der Waals surface area contributed by atoms with Gasteiger partial charge in [0.15, 0.2) is 11.6 Å². The van der Waals surface area contributed by atoms with Crippen molar-refractivity contribution in [3.8, 4) is 11.5 Å². The van der Waals surface area contributed by atoms with Crippen LogP contribution >= 0.6 is 0 Å². The first-order valence-corrected chi connectivity index (χ1v) is 7.71. The maximum atomic E-state index is 12.3. The zero-order valence-electron chi connectivity index (χ0n) is 14.2. The van der Waals surface area contributed by atoms with Crippen LogP contribution < -0.4 is 9.80 Å². The molecule has 6 nitrogen and oxygen atoms in total. The topological polar surface area (TPSA) is 81.1 Å². The third kappa shape index (κ3) is 2.10. The normalized spacial score (nSPS) is 14.0. The van der Waals surface area contributed by atoms with Gasteiger partial charge in [-0.05, 0) is 12.1 Å². The van der Waals surface area contributed by atoms with E-state index in [1.54, 1.807) is 9.80 Å². The van der Waals surface area contributed by atoms with Gasteiger partial charge in [0.05, 0.1) is 21.9 Å². The van der Waals surface area contributed by atoms with Crippen molar-refractivity contribution in [3.63, 3.8) is 0 Å². The van der Waals surface area contributed by atoms with Crippen molar-refractivity contribution in [2.75, 3.05) is 38.0 Å². The van der Waals surface area contributed by atoms with E-state index in [1.807, 2.05) is 40.3 Å². The molecular formula is C18H20N2O4. The molecule has 2 aromatic rings. The highest BCUT2D eigenvalue weighted by molar-refractivity contribution is 6.24. The van der Waals surface area contributed by atoms with E-state index in [9.17, 15) is 19.8 Å². The van der Waals surface area contributed by atoms with Crippen LogP contribution in [0.15, 0.2) is 12.1 Å². The van der Waals surface area contributed by atoms with Crippen molar-refractivity contribution in [2.45, 2.75) is 12.8 Å². The molecule has 0 saturated heterocycles. The molecule has 126 valence electrons. The maximum absolute atomic E-state index is 12.3. The second kappa shape index (κ2) is 5.40. The largest absolute Gasteiger partial charge is 0.506 e. The molecule has 0 aliphatic heterocycles. The summed E-state index contributed by atoms with van der Waals surface area (Å²) < 4.78 is 0. The molecule has 0 radical (unpaired) electrons. The minimum Gasteiger partial charge on any atom is -0.506 e. The van der Waals surface area contributed by atoms with Gasteiger partial charge < -0.3 is 20.0 Å². The molecule has 0 spiro atoms. The van der Waals surface area contributed by atoms with Gasteiger partial charge in [-0.3, -0.25) is 9.59 Å². The molecule has 6 heteroatoms. The lowest BCUT2D eigenvalue weighted by Crippen LogP contribution is -2.19. The van der Waals surface area contributed by atoms with Crippen molar-refractivity contribution in [1.82, 2.24) is 0 Å². The number of carbonyl (C=O) groups is 2. The van der Waals surface area contributed by atoms with Crippen molar-refractivity contribution in [2.24, 2.45) is 0 Å². The molecule has 1 aliphatic carbocycles. The highest BCUT2D eigenvalue weighted by Crippen LogP contribution is 2.49. The fourth-order valence-corrected chi connectivity index (χ4v) is 3.31. The van der Waals surface area contributed by atoms with Gasteiger partial charge in [0, 0.05) is 52.4 Å². The smallest absolute Gasteiger partial charge is 0.167 e. The summed E-state index contributed by atoms with van der Waals surface area (Å²) in [5, 5.41) is 22.4. The van der Waals surface area contributed by atoms with Crippen LogP contribution in [-0.2, 0) is 0 Å². The van der Waals surface area contributed by atoms with Gasteiger partial charge in [0.25, 0.3) is 0 Å². The van der Waals surface area contributed by atoms with Gasteiger partial charge in [-0.1, -0.05) is 0 Å². The fraction of sp³-hybridized carbons (Fsp3) is 0.333. The molecule has 1 aliphatic rings. The summed E-state index contributed by atoms with van der Waals surface area (Å²) in [6.45, 7) is 0. The highest BCUT2D eigenvalue weighted by atomic mass is 16.3. The lowest BCUT2D eigenvalue weighted by Gasteiger charge is -2.25. The van der Waals surface area contributed by atoms with Crippen LogP contribution in [0.2, 0.25) is 0 Å². The summed E-state index contributed by atoms with van der Waals surface area (Å²) in [6, 6.07) is 3.64. The molecule has 0 heterocycles. The number of anilines is 2. The van der Waals surface area contributed by atoms with Crippen molar-refractivity contribution >= 4 is 33.7 Å². The fourth-order valence-electron chi connectivity index (χ4n) is 3.31. The second-order valence-corrected chi connectivity index (χ2v) is 6.44. The third-order valence-corrected chi connectivity index (χ3v) is 4.46. The minimum atomic E-state index is -0.320. The van der Waals surface area contributed by atoms with E-state index in [2.05, 4.69) is 0 Å². The van der Waals surface area contributed by atoms with Crippen LogP contribution in [0, 0.1) is 0 Å². The highest BCUT2D eigenvalue weighted by Gasteiger charge is 2.34. The minimum absolute atomic E-state index is 0.0506. The molecule has 2 N–H and O–H groups in total. The van der Waals surface area contributed by atoms with E-state index in [1.165, 1.54) is 0 Å². The van der Waals surface area contributed by atoms with Gasteiger partial charge in [-0.15, -0.1) is 0 Å². The van der Waals surface area contributed by atoms with Crippen LogP contribution in [0.25, 0.3) is 10.8 Å². The predicted molar refractivity (Wildman–Crippen MR) is 93.8 cm³/mol. The number of hydrogen-bond acceptors (Lipinski definition) is 6. The zero-order valence-corrected chi connectivity index (χ0v) is 14.2. The van der Waals surface area contributed by atoms with E-state index in [4.69, 9.17) is 0 Å². The van der Waals surface area contributed by atoms with Gasteiger partial charge >= 0.3 is 0 Å². The number of ketones is 2. The van der Waals surface area contributed by atoms with Crippen molar-refractivity contribution in [3.05, 3.63) is 23.3 Å². The number of nitrogens with zero attached hydrogens (tertiary/aromatic N) is 2. The Hall–Kier alpha value is -2.76. The number of rotatable bonds is 2. The van der Waals surface area contributed by atoms with Gasteiger partial charge in [0.1, 0.15) is 11.5 Å². The predicted octanol–water partition coefficient (Wildman–Crippen LogP) is 2.54. The summed E-state index contributed by atoms with van der Waals surface area (Å²) in [5.41, 5.74) is 1.21. The number of aromatic hydroxyl groups is 2. The third-order valence-electron chi connectivity index (χ3n) is 4.46. The van der Waals surface area contributed by atoms with Crippen molar-refractivity contribution in [1.29, 1.82) is 0 Å². The van der Waals surface area contributed by atoms with Crippen molar-refractivity contribution < 1.29 is 19.8 Å². The SMILES string of the molecule is CN(C)c1ccc(N(C)C)c2c(O)c3c(c(O)c12)C(=O)CCC3=O. The summed E-state index contributed by atoms with van der Waals surface area (Å²) in [4.78, 5) is 28.2. The average Bonchev–Trinajstić information content (AvgIpc) is 2.53. The van der Waals surface area contributed by atoms with Crippen LogP contribution in [0.5, 0.6) is 11.5 Å². The Morgan fingerprint density at radius 2 is 1.08 bits per heavy atom. The van der Waals surface area contributed by atoms with Crippen LogP contribution in [0.3, 0.4) is 0 Å². The molecule has 0 saturated carbocycles. The number of carbonyl (C=O) groups excluding carboxylic acids is 2. The molecule has 2 aromatic carbocycles. The van der Waals surface area contributed by atoms with Gasteiger partial charge in [0.2, 0.25) is 0 Å². The summed E-state index contributed by atoms with van der Waals surface area (Å²) in [7, 11) is 7.25. The molecule has 0 fully saturated rings. The summed E-state index contributed by atoms with van der Waals surface area (Å²) in [6.07, 6.45) is 0.101. The molecule has 0 unspecified atom stereocenters. The Labute approximate surface area is 139 Å². The molecule has 0 aromatic heterocycles. The number of Topliss-reactive ketones (excluding diaryl/α,β-unsaturated/α-hetero) is 2. The molecule has 0 atom stereocenters. The quantitative estimate of drug-likeness (QED) is 0.825. The molecule has 0 bridgehead atoms. The number of fused-ring (bicyclic) bond motifs is 2. The molecule has 24 heavy (non-hydrogen) atoms. The number of hydrogen-bond donors (Lipinski definition) is 2. The number of benzene rings is 2. The Balaban J connectivity index is 2.59. The Morgan fingerprint density at radius 3 is 1.38 bits per heavy atom. The first-order chi connectivity index (χ1) is 11.3. The van der Waals surface area contributed by atoms with E-state index in [0.29, 0.717) is 22.1 Å². The van der Waals surface area contributed by atoms with E-state index < -0.39 is 0 Å². The van der Waals surface area contributed by atoms with E-state index in [0.717, 1.165) is 0 Å². The zero-order chi connectivity index (χ0) is 17.8. The second-order valence-electron chi connectivity index (χ2n) is 6.44.